The number of aryl methyl sites for hydroxylation is 1. The van der Waals surface area contributed by atoms with Gasteiger partial charge in [0.05, 0.1) is 21.8 Å². The minimum absolute atomic E-state index is 0.106. The summed E-state index contributed by atoms with van der Waals surface area (Å²) in [5.74, 6) is 0. The summed E-state index contributed by atoms with van der Waals surface area (Å²) in [5.41, 5.74) is 1.40. The lowest BCUT2D eigenvalue weighted by Gasteiger charge is -2.13. The normalized spacial score (nSPS) is 11.9. The molecule has 0 saturated carbocycles. The molecular formula is C16H10ClF3N2. The molecule has 2 heterocycles. The monoisotopic (exact) mass is 322 g/mol. The van der Waals surface area contributed by atoms with Gasteiger partial charge < -0.3 is 0 Å². The third-order valence-electron chi connectivity index (χ3n) is 3.42. The maximum atomic E-state index is 13.0. The topological polar surface area (TPSA) is 25.8 Å². The van der Waals surface area contributed by atoms with E-state index in [1.165, 1.54) is 0 Å². The van der Waals surface area contributed by atoms with Crippen LogP contribution in [0, 0.1) is 6.92 Å². The number of nitrogens with zero attached hydrogens (tertiary/aromatic N) is 2. The van der Waals surface area contributed by atoms with Gasteiger partial charge in [-0.1, -0.05) is 29.8 Å². The molecule has 0 unspecified atom stereocenters. The Balaban J connectivity index is 2.32. The molecule has 0 radical (unpaired) electrons. The first-order valence-electron chi connectivity index (χ1n) is 6.46. The highest BCUT2D eigenvalue weighted by atomic mass is 35.5. The van der Waals surface area contributed by atoms with Gasteiger partial charge in [-0.25, -0.2) is 0 Å². The van der Waals surface area contributed by atoms with E-state index in [0.717, 1.165) is 28.7 Å². The van der Waals surface area contributed by atoms with Crippen LogP contribution in [0.2, 0.25) is 5.02 Å². The summed E-state index contributed by atoms with van der Waals surface area (Å²) in [6.45, 7) is 1.89. The SMILES string of the molecule is Cc1ccc(-c2nccc(C(F)(F)F)c2Cl)c2cccnc12. The Labute approximate surface area is 129 Å². The van der Waals surface area contributed by atoms with Gasteiger partial charge in [-0.15, -0.1) is 0 Å². The molecule has 0 spiro atoms. The van der Waals surface area contributed by atoms with E-state index in [-0.39, 0.29) is 5.69 Å². The van der Waals surface area contributed by atoms with Gasteiger partial charge in [0.1, 0.15) is 0 Å². The number of hydrogen-bond acceptors (Lipinski definition) is 2. The number of fused-ring (bicyclic) bond motifs is 1. The predicted octanol–water partition coefficient (Wildman–Crippen LogP) is 5.28. The zero-order chi connectivity index (χ0) is 15.9. The predicted molar refractivity (Wildman–Crippen MR) is 79.7 cm³/mol. The molecule has 112 valence electrons. The van der Waals surface area contributed by atoms with Crippen molar-refractivity contribution in [3.63, 3.8) is 0 Å². The first-order chi connectivity index (χ1) is 10.4. The van der Waals surface area contributed by atoms with Crippen LogP contribution in [0.1, 0.15) is 11.1 Å². The number of aromatic nitrogens is 2. The number of rotatable bonds is 1. The van der Waals surface area contributed by atoms with Crippen LogP contribution in [0.5, 0.6) is 0 Å². The van der Waals surface area contributed by atoms with Crippen LogP contribution in [0.25, 0.3) is 22.2 Å². The first kappa shape index (κ1) is 14.8. The number of hydrogen-bond donors (Lipinski definition) is 0. The van der Waals surface area contributed by atoms with Crippen LogP contribution < -0.4 is 0 Å². The zero-order valence-electron chi connectivity index (χ0n) is 11.4. The molecule has 2 aromatic heterocycles. The van der Waals surface area contributed by atoms with Gasteiger partial charge in [-0.3, -0.25) is 9.97 Å². The number of alkyl halides is 3. The van der Waals surface area contributed by atoms with Crippen molar-refractivity contribution in [1.29, 1.82) is 0 Å². The van der Waals surface area contributed by atoms with Crippen LogP contribution in [0.4, 0.5) is 13.2 Å². The molecule has 0 aliphatic rings. The zero-order valence-corrected chi connectivity index (χ0v) is 12.2. The molecule has 2 nitrogen and oxygen atoms in total. The summed E-state index contributed by atoms with van der Waals surface area (Å²) in [5, 5.41) is 0.320. The van der Waals surface area contributed by atoms with E-state index >= 15 is 0 Å². The Morgan fingerprint density at radius 2 is 1.77 bits per heavy atom. The second kappa shape index (κ2) is 5.25. The third-order valence-corrected chi connectivity index (χ3v) is 3.80. The molecule has 0 aliphatic heterocycles. The van der Waals surface area contributed by atoms with Crippen molar-refractivity contribution in [2.75, 3.05) is 0 Å². The van der Waals surface area contributed by atoms with Gasteiger partial charge >= 0.3 is 6.18 Å². The summed E-state index contributed by atoms with van der Waals surface area (Å²) >= 11 is 5.97. The number of benzene rings is 1. The lowest BCUT2D eigenvalue weighted by Crippen LogP contribution is -2.07. The average molecular weight is 323 g/mol. The van der Waals surface area contributed by atoms with E-state index in [1.807, 2.05) is 6.92 Å². The van der Waals surface area contributed by atoms with Crippen molar-refractivity contribution >= 4 is 22.5 Å². The lowest BCUT2D eigenvalue weighted by atomic mass is 10.0. The standard InChI is InChI=1S/C16H10ClF3N2/c1-9-4-5-11(10-3-2-7-21-14(9)10)15-13(17)12(6-8-22-15)16(18,19)20/h2-8H,1H3. The minimum Gasteiger partial charge on any atom is -0.256 e. The van der Waals surface area contributed by atoms with E-state index in [9.17, 15) is 13.2 Å². The summed E-state index contributed by atoms with van der Waals surface area (Å²) in [4.78, 5) is 8.32. The lowest BCUT2D eigenvalue weighted by molar-refractivity contribution is -0.137. The molecule has 0 N–H and O–H groups in total. The van der Waals surface area contributed by atoms with Crippen molar-refractivity contribution in [3.05, 3.63) is 58.9 Å². The molecule has 0 bridgehead atoms. The van der Waals surface area contributed by atoms with Crippen LogP contribution in [-0.2, 0) is 6.18 Å². The van der Waals surface area contributed by atoms with Gasteiger partial charge in [-0.2, -0.15) is 13.2 Å². The Morgan fingerprint density at radius 3 is 2.50 bits per heavy atom. The van der Waals surface area contributed by atoms with Gasteiger partial charge in [0.2, 0.25) is 0 Å². The van der Waals surface area contributed by atoms with Gasteiger partial charge in [0.25, 0.3) is 0 Å². The Kier molecular flexibility index (Phi) is 3.53. The van der Waals surface area contributed by atoms with Crippen molar-refractivity contribution in [3.8, 4) is 11.3 Å². The van der Waals surface area contributed by atoms with Crippen LogP contribution in [-0.4, -0.2) is 9.97 Å². The van der Waals surface area contributed by atoms with E-state index < -0.39 is 16.8 Å². The Bertz CT molecular complexity index is 860. The van der Waals surface area contributed by atoms with Crippen LogP contribution in [0.3, 0.4) is 0 Å². The molecule has 0 amide bonds. The first-order valence-corrected chi connectivity index (χ1v) is 6.84. The van der Waals surface area contributed by atoms with E-state index in [0.29, 0.717) is 5.56 Å². The summed E-state index contributed by atoms with van der Waals surface area (Å²) in [6.07, 6.45) is -1.76. The molecule has 3 aromatic rings. The Hall–Kier alpha value is -2.14. The minimum atomic E-state index is -4.52. The molecule has 0 aliphatic carbocycles. The van der Waals surface area contributed by atoms with E-state index in [2.05, 4.69) is 9.97 Å². The molecule has 0 atom stereocenters. The molecule has 22 heavy (non-hydrogen) atoms. The van der Waals surface area contributed by atoms with Gasteiger partial charge in [0, 0.05) is 23.3 Å². The number of halogens is 4. The van der Waals surface area contributed by atoms with Crippen LogP contribution >= 0.6 is 11.6 Å². The second-order valence-corrected chi connectivity index (χ2v) is 5.23. The van der Waals surface area contributed by atoms with Gasteiger partial charge in [0.15, 0.2) is 0 Å². The molecule has 0 saturated heterocycles. The van der Waals surface area contributed by atoms with E-state index in [4.69, 9.17) is 11.6 Å². The highest BCUT2D eigenvalue weighted by Gasteiger charge is 2.34. The van der Waals surface area contributed by atoms with Crippen molar-refractivity contribution in [2.24, 2.45) is 0 Å². The maximum Gasteiger partial charge on any atom is 0.417 e. The smallest absolute Gasteiger partial charge is 0.256 e. The molecule has 3 rings (SSSR count). The third kappa shape index (κ3) is 2.41. The highest BCUT2D eigenvalue weighted by molar-refractivity contribution is 6.34. The largest absolute Gasteiger partial charge is 0.417 e. The second-order valence-electron chi connectivity index (χ2n) is 4.85. The summed E-state index contributed by atoms with van der Waals surface area (Å²) in [6, 6.07) is 7.91. The van der Waals surface area contributed by atoms with Crippen molar-refractivity contribution < 1.29 is 13.2 Å². The fourth-order valence-electron chi connectivity index (χ4n) is 2.37. The molecular weight excluding hydrogens is 313 g/mol. The van der Waals surface area contributed by atoms with Crippen molar-refractivity contribution in [2.45, 2.75) is 13.1 Å². The molecule has 6 heteroatoms. The molecule has 1 aromatic carbocycles. The van der Waals surface area contributed by atoms with Crippen LogP contribution in [0.15, 0.2) is 42.7 Å². The summed E-state index contributed by atoms with van der Waals surface area (Å²) in [7, 11) is 0. The quantitative estimate of drug-likeness (QED) is 0.609. The maximum absolute atomic E-state index is 13.0. The molecule has 0 fully saturated rings. The fourth-order valence-corrected chi connectivity index (χ4v) is 2.69. The van der Waals surface area contributed by atoms with Crippen molar-refractivity contribution in [1.82, 2.24) is 9.97 Å². The highest BCUT2D eigenvalue weighted by Crippen LogP contribution is 2.40. The van der Waals surface area contributed by atoms with Gasteiger partial charge in [-0.05, 0) is 24.6 Å². The number of pyridine rings is 2. The van der Waals surface area contributed by atoms with E-state index in [1.54, 1.807) is 30.5 Å². The Morgan fingerprint density at radius 1 is 1.00 bits per heavy atom. The fraction of sp³-hybridized carbons (Fsp3) is 0.125. The average Bonchev–Trinajstić information content (AvgIpc) is 2.48. The summed E-state index contributed by atoms with van der Waals surface area (Å²) < 4.78 is 39.0.